The summed E-state index contributed by atoms with van der Waals surface area (Å²) in [6.45, 7) is 3.05. The van der Waals surface area contributed by atoms with Crippen LogP contribution in [-0.2, 0) is 9.59 Å². The number of rotatable bonds is 6. The van der Waals surface area contributed by atoms with Gasteiger partial charge in [-0.25, -0.2) is 0 Å². The predicted octanol–water partition coefficient (Wildman–Crippen LogP) is 2.98. The first kappa shape index (κ1) is 15.4. The standard InChI is InChI=1S/C14H15ClO4/c1-14(2,8-13(18)19)12(17)7-11(16)9-3-5-10(15)6-4-9/h3-6H,7-8H2,1-2H3,(H,18,19). The SMILES string of the molecule is CC(C)(CC(=O)O)C(=O)CC(=O)c1ccc(Cl)cc1. The minimum Gasteiger partial charge on any atom is -0.481 e. The molecule has 1 aromatic carbocycles. The summed E-state index contributed by atoms with van der Waals surface area (Å²) < 4.78 is 0. The third-order valence-corrected chi connectivity index (χ3v) is 3.09. The molecule has 0 saturated heterocycles. The molecule has 0 heterocycles. The van der Waals surface area contributed by atoms with Gasteiger partial charge in [-0.3, -0.25) is 14.4 Å². The zero-order chi connectivity index (χ0) is 14.6. The smallest absolute Gasteiger partial charge is 0.304 e. The lowest BCUT2D eigenvalue weighted by Crippen LogP contribution is -2.29. The van der Waals surface area contributed by atoms with E-state index in [1.807, 2.05) is 0 Å². The van der Waals surface area contributed by atoms with E-state index in [2.05, 4.69) is 0 Å². The van der Waals surface area contributed by atoms with E-state index in [1.54, 1.807) is 24.3 Å². The number of aliphatic carboxylic acids is 1. The molecule has 0 aromatic heterocycles. The number of hydrogen-bond acceptors (Lipinski definition) is 3. The molecule has 0 amide bonds. The van der Waals surface area contributed by atoms with Crippen molar-refractivity contribution in [3.8, 4) is 0 Å². The van der Waals surface area contributed by atoms with Gasteiger partial charge >= 0.3 is 5.97 Å². The third-order valence-electron chi connectivity index (χ3n) is 2.84. The van der Waals surface area contributed by atoms with Gasteiger partial charge < -0.3 is 5.11 Å². The molecule has 0 spiro atoms. The van der Waals surface area contributed by atoms with Crippen molar-refractivity contribution in [2.75, 3.05) is 0 Å². The maximum Gasteiger partial charge on any atom is 0.304 e. The van der Waals surface area contributed by atoms with Crippen LogP contribution in [-0.4, -0.2) is 22.6 Å². The van der Waals surface area contributed by atoms with Crippen molar-refractivity contribution < 1.29 is 19.5 Å². The van der Waals surface area contributed by atoms with Crippen molar-refractivity contribution in [3.63, 3.8) is 0 Å². The second-order valence-electron chi connectivity index (χ2n) is 4.98. The van der Waals surface area contributed by atoms with E-state index in [0.717, 1.165) is 0 Å². The predicted molar refractivity (Wildman–Crippen MR) is 71.4 cm³/mol. The first-order valence-electron chi connectivity index (χ1n) is 5.76. The first-order chi connectivity index (χ1) is 8.72. The summed E-state index contributed by atoms with van der Waals surface area (Å²) in [6, 6.07) is 6.23. The van der Waals surface area contributed by atoms with Crippen molar-refractivity contribution in [1.29, 1.82) is 0 Å². The van der Waals surface area contributed by atoms with Crippen LogP contribution in [0.15, 0.2) is 24.3 Å². The maximum atomic E-state index is 11.9. The molecule has 0 aliphatic carbocycles. The molecule has 0 aliphatic rings. The Hall–Kier alpha value is -1.68. The molecule has 1 N–H and O–H groups in total. The van der Waals surface area contributed by atoms with E-state index in [4.69, 9.17) is 16.7 Å². The number of benzene rings is 1. The molecule has 19 heavy (non-hydrogen) atoms. The van der Waals surface area contributed by atoms with Crippen LogP contribution in [0.3, 0.4) is 0 Å². The van der Waals surface area contributed by atoms with Crippen molar-refractivity contribution in [2.45, 2.75) is 26.7 Å². The van der Waals surface area contributed by atoms with Crippen LogP contribution in [0.5, 0.6) is 0 Å². The summed E-state index contributed by atoms with van der Waals surface area (Å²) in [4.78, 5) is 34.5. The molecule has 0 unspecified atom stereocenters. The fourth-order valence-corrected chi connectivity index (χ4v) is 1.73. The van der Waals surface area contributed by atoms with Crippen LogP contribution in [0.2, 0.25) is 5.02 Å². The Balaban J connectivity index is 2.74. The van der Waals surface area contributed by atoms with E-state index in [0.29, 0.717) is 10.6 Å². The minimum atomic E-state index is -1.06. The number of ketones is 2. The zero-order valence-electron chi connectivity index (χ0n) is 10.8. The molecule has 0 saturated carbocycles. The van der Waals surface area contributed by atoms with Crippen LogP contribution >= 0.6 is 11.6 Å². The summed E-state index contributed by atoms with van der Waals surface area (Å²) in [7, 11) is 0. The summed E-state index contributed by atoms with van der Waals surface area (Å²) in [5, 5.41) is 9.24. The molecule has 0 fully saturated rings. The van der Waals surface area contributed by atoms with Gasteiger partial charge in [0.05, 0.1) is 12.8 Å². The van der Waals surface area contributed by atoms with Crippen LogP contribution < -0.4 is 0 Å². The second kappa shape index (κ2) is 5.97. The van der Waals surface area contributed by atoms with Gasteiger partial charge in [-0.05, 0) is 24.3 Å². The monoisotopic (exact) mass is 282 g/mol. The number of halogens is 1. The average Bonchev–Trinajstić information content (AvgIpc) is 2.27. The molecule has 0 radical (unpaired) electrons. The van der Waals surface area contributed by atoms with Gasteiger partial charge in [0.25, 0.3) is 0 Å². The van der Waals surface area contributed by atoms with Crippen molar-refractivity contribution in [1.82, 2.24) is 0 Å². The Morgan fingerprint density at radius 1 is 1.16 bits per heavy atom. The molecular weight excluding hydrogens is 268 g/mol. The number of hydrogen-bond donors (Lipinski definition) is 1. The Morgan fingerprint density at radius 2 is 1.68 bits per heavy atom. The summed E-state index contributed by atoms with van der Waals surface area (Å²) in [5.74, 6) is -1.77. The highest BCUT2D eigenvalue weighted by Gasteiger charge is 2.31. The van der Waals surface area contributed by atoms with Gasteiger partial charge in [0.15, 0.2) is 5.78 Å². The van der Waals surface area contributed by atoms with Crippen molar-refractivity contribution in [3.05, 3.63) is 34.9 Å². The molecule has 4 nitrogen and oxygen atoms in total. The fourth-order valence-electron chi connectivity index (χ4n) is 1.60. The third kappa shape index (κ3) is 4.48. The summed E-state index contributed by atoms with van der Waals surface area (Å²) >= 11 is 5.71. The highest BCUT2D eigenvalue weighted by Crippen LogP contribution is 2.24. The summed E-state index contributed by atoms with van der Waals surface area (Å²) in [5.41, 5.74) is -0.655. The van der Waals surface area contributed by atoms with E-state index in [9.17, 15) is 14.4 Å². The molecule has 1 rings (SSSR count). The van der Waals surface area contributed by atoms with Gasteiger partial charge in [0.1, 0.15) is 5.78 Å². The van der Waals surface area contributed by atoms with Crippen molar-refractivity contribution in [2.24, 2.45) is 5.41 Å². The lowest BCUT2D eigenvalue weighted by molar-refractivity contribution is -0.143. The van der Waals surface area contributed by atoms with Gasteiger partial charge in [-0.15, -0.1) is 0 Å². The van der Waals surface area contributed by atoms with E-state index >= 15 is 0 Å². The van der Waals surface area contributed by atoms with Gasteiger partial charge in [0, 0.05) is 16.0 Å². The number of carboxylic acids is 1. The molecular formula is C14H15ClO4. The Morgan fingerprint density at radius 3 is 2.16 bits per heavy atom. The maximum absolute atomic E-state index is 11.9. The molecule has 0 atom stereocenters. The van der Waals surface area contributed by atoms with Gasteiger partial charge in [0.2, 0.25) is 0 Å². The van der Waals surface area contributed by atoms with E-state index in [-0.39, 0.29) is 24.4 Å². The highest BCUT2D eigenvalue weighted by molar-refractivity contribution is 6.30. The molecule has 0 bridgehead atoms. The largest absolute Gasteiger partial charge is 0.481 e. The number of carbonyl (C=O) groups excluding carboxylic acids is 2. The minimum absolute atomic E-state index is 0.292. The lowest BCUT2D eigenvalue weighted by atomic mass is 9.82. The zero-order valence-corrected chi connectivity index (χ0v) is 11.5. The Bertz CT molecular complexity index is 503. The van der Waals surface area contributed by atoms with Crippen LogP contribution in [0.25, 0.3) is 0 Å². The van der Waals surface area contributed by atoms with Crippen LogP contribution in [0.1, 0.15) is 37.0 Å². The molecule has 5 heteroatoms. The highest BCUT2D eigenvalue weighted by atomic mass is 35.5. The van der Waals surface area contributed by atoms with Crippen molar-refractivity contribution >= 4 is 29.1 Å². The van der Waals surface area contributed by atoms with E-state index < -0.39 is 11.4 Å². The lowest BCUT2D eigenvalue weighted by Gasteiger charge is -2.20. The Kier molecular flexibility index (Phi) is 4.84. The number of carboxylic acid groups (broad SMARTS) is 1. The van der Waals surface area contributed by atoms with Gasteiger partial charge in [-0.1, -0.05) is 25.4 Å². The van der Waals surface area contributed by atoms with Gasteiger partial charge in [-0.2, -0.15) is 0 Å². The molecule has 0 aliphatic heterocycles. The van der Waals surface area contributed by atoms with E-state index in [1.165, 1.54) is 13.8 Å². The fraction of sp³-hybridized carbons (Fsp3) is 0.357. The molecule has 102 valence electrons. The second-order valence-corrected chi connectivity index (χ2v) is 5.42. The quantitative estimate of drug-likeness (QED) is 0.643. The molecule has 1 aromatic rings. The number of Topliss-reactive ketones (excluding diaryl/α,β-unsaturated/α-hetero) is 2. The first-order valence-corrected chi connectivity index (χ1v) is 6.14. The Labute approximate surface area is 116 Å². The topological polar surface area (TPSA) is 71.4 Å². The summed E-state index contributed by atoms with van der Waals surface area (Å²) in [6.07, 6.45) is -0.596. The van der Waals surface area contributed by atoms with Crippen LogP contribution in [0, 0.1) is 5.41 Å². The normalized spacial score (nSPS) is 11.1. The number of carbonyl (C=O) groups is 3. The average molecular weight is 283 g/mol. The van der Waals surface area contributed by atoms with Crippen LogP contribution in [0.4, 0.5) is 0 Å².